The Morgan fingerprint density at radius 1 is 0.889 bits per heavy atom. The summed E-state index contributed by atoms with van der Waals surface area (Å²) in [4.78, 5) is 43.3. The molecule has 0 radical (unpaired) electrons. The maximum absolute atomic E-state index is 13.6. The zero-order valence-electron chi connectivity index (χ0n) is 26.1. The number of hydrogen-bond acceptors (Lipinski definition) is 9. The van der Waals surface area contributed by atoms with E-state index in [-0.39, 0.29) is 30.0 Å². The predicted octanol–water partition coefficient (Wildman–Crippen LogP) is 4.73. The van der Waals surface area contributed by atoms with E-state index in [0.29, 0.717) is 43.4 Å². The van der Waals surface area contributed by atoms with Crippen molar-refractivity contribution in [1.29, 1.82) is 0 Å². The largest absolute Gasteiger partial charge is 0.469 e. The number of nitrogens with zero attached hydrogens (tertiary/aromatic N) is 5. The molecule has 0 spiro atoms. The van der Waals surface area contributed by atoms with Crippen molar-refractivity contribution in [3.05, 3.63) is 71.5 Å². The Morgan fingerprint density at radius 3 is 2.31 bits per heavy atom. The Labute approximate surface area is 264 Å². The maximum atomic E-state index is 13.6. The van der Waals surface area contributed by atoms with Gasteiger partial charge in [-0.15, -0.1) is 0 Å². The van der Waals surface area contributed by atoms with E-state index in [1.54, 1.807) is 12.1 Å². The maximum Gasteiger partial charge on any atom is 0.307 e. The van der Waals surface area contributed by atoms with Crippen molar-refractivity contribution in [1.82, 2.24) is 19.9 Å². The second-order valence-electron chi connectivity index (χ2n) is 11.9. The second kappa shape index (κ2) is 16.2. The number of aryl methyl sites for hydroxylation is 1. The highest BCUT2D eigenvalue weighted by Crippen LogP contribution is 2.27. The van der Waals surface area contributed by atoms with E-state index >= 15 is 0 Å². The minimum atomic E-state index is -0.322. The highest BCUT2D eigenvalue weighted by Gasteiger charge is 2.32. The summed E-state index contributed by atoms with van der Waals surface area (Å²) >= 11 is 0. The molecule has 1 aromatic heterocycles. The molecule has 5 rings (SSSR count). The van der Waals surface area contributed by atoms with Crippen LogP contribution in [-0.4, -0.2) is 78.1 Å². The van der Waals surface area contributed by atoms with Crippen LogP contribution in [0.5, 0.6) is 0 Å². The molecule has 240 valence electrons. The van der Waals surface area contributed by atoms with Crippen molar-refractivity contribution in [3.8, 4) is 0 Å². The summed E-state index contributed by atoms with van der Waals surface area (Å²) < 4.78 is 18.0. The SMILES string of the molecule is COC(=O)CCNc1nc(NCCCc2ccc(F)cc2)nc(N2CCCC(C(=O)N3CCC(Cc4ccccc4)CC3)C2)n1. The molecule has 3 heterocycles. The van der Waals surface area contributed by atoms with E-state index < -0.39 is 0 Å². The third kappa shape index (κ3) is 9.60. The number of halogens is 1. The first-order valence-corrected chi connectivity index (χ1v) is 16.1. The summed E-state index contributed by atoms with van der Waals surface area (Å²) in [5.41, 5.74) is 2.42. The molecule has 2 fully saturated rings. The number of esters is 1. The second-order valence-corrected chi connectivity index (χ2v) is 11.9. The van der Waals surface area contributed by atoms with Crippen molar-refractivity contribution in [2.24, 2.45) is 11.8 Å². The molecule has 0 bridgehead atoms. The zero-order chi connectivity index (χ0) is 31.4. The molecular formula is C34H44FN7O3. The number of carbonyl (C=O) groups excluding carboxylic acids is 2. The van der Waals surface area contributed by atoms with Gasteiger partial charge < -0.3 is 25.2 Å². The van der Waals surface area contributed by atoms with Gasteiger partial charge in [0.1, 0.15) is 5.82 Å². The fraction of sp³-hybridized carbons (Fsp3) is 0.500. The molecule has 2 aliphatic heterocycles. The van der Waals surface area contributed by atoms with Crippen LogP contribution in [0.25, 0.3) is 0 Å². The fourth-order valence-electron chi connectivity index (χ4n) is 6.11. The lowest BCUT2D eigenvalue weighted by atomic mass is 9.89. The van der Waals surface area contributed by atoms with Crippen molar-refractivity contribution in [2.75, 3.05) is 61.9 Å². The van der Waals surface area contributed by atoms with Crippen LogP contribution in [0, 0.1) is 17.7 Å². The van der Waals surface area contributed by atoms with Gasteiger partial charge in [0, 0.05) is 39.3 Å². The van der Waals surface area contributed by atoms with E-state index in [2.05, 4.69) is 54.7 Å². The van der Waals surface area contributed by atoms with Crippen molar-refractivity contribution < 1.29 is 18.7 Å². The quantitative estimate of drug-likeness (QED) is 0.208. The minimum Gasteiger partial charge on any atom is -0.469 e. The van der Waals surface area contributed by atoms with Crippen LogP contribution in [0.15, 0.2) is 54.6 Å². The number of carbonyl (C=O) groups is 2. The highest BCUT2D eigenvalue weighted by atomic mass is 19.1. The Balaban J connectivity index is 1.18. The van der Waals surface area contributed by atoms with Gasteiger partial charge in [-0.2, -0.15) is 15.0 Å². The summed E-state index contributed by atoms with van der Waals surface area (Å²) in [6.07, 6.45) is 6.62. The van der Waals surface area contributed by atoms with Crippen LogP contribution in [0.3, 0.4) is 0 Å². The van der Waals surface area contributed by atoms with Crippen molar-refractivity contribution in [2.45, 2.75) is 51.4 Å². The number of anilines is 3. The van der Waals surface area contributed by atoms with Gasteiger partial charge in [-0.3, -0.25) is 9.59 Å². The topological polar surface area (TPSA) is 113 Å². The number of aromatic nitrogens is 3. The van der Waals surface area contributed by atoms with Crippen LogP contribution < -0.4 is 15.5 Å². The minimum absolute atomic E-state index is 0.107. The van der Waals surface area contributed by atoms with Crippen LogP contribution in [0.1, 0.15) is 49.7 Å². The Hall–Kier alpha value is -4.28. The average molecular weight is 618 g/mol. The monoisotopic (exact) mass is 617 g/mol. The lowest BCUT2D eigenvalue weighted by Crippen LogP contribution is -2.47. The van der Waals surface area contributed by atoms with E-state index in [1.807, 2.05) is 6.07 Å². The lowest BCUT2D eigenvalue weighted by Gasteiger charge is -2.38. The molecule has 0 saturated carbocycles. The van der Waals surface area contributed by atoms with Crippen molar-refractivity contribution >= 4 is 29.7 Å². The van der Waals surface area contributed by atoms with Crippen LogP contribution in [-0.2, 0) is 27.2 Å². The summed E-state index contributed by atoms with van der Waals surface area (Å²) in [6.45, 7) is 3.85. The first-order valence-electron chi connectivity index (χ1n) is 16.1. The Morgan fingerprint density at radius 2 is 1.60 bits per heavy atom. The molecule has 3 aromatic rings. The summed E-state index contributed by atoms with van der Waals surface area (Å²) in [5.74, 6) is 1.45. The van der Waals surface area contributed by atoms with Gasteiger partial charge in [0.25, 0.3) is 0 Å². The van der Waals surface area contributed by atoms with E-state index in [1.165, 1.54) is 24.8 Å². The van der Waals surface area contributed by atoms with Gasteiger partial charge in [0.05, 0.1) is 19.4 Å². The summed E-state index contributed by atoms with van der Waals surface area (Å²) in [7, 11) is 1.36. The number of rotatable bonds is 13. The summed E-state index contributed by atoms with van der Waals surface area (Å²) in [5, 5.41) is 6.41. The highest BCUT2D eigenvalue weighted by molar-refractivity contribution is 5.79. The zero-order valence-corrected chi connectivity index (χ0v) is 26.1. The molecule has 2 saturated heterocycles. The fourth-order valence-corrected chi connectivity index (χ4v) is 6.11. The Bertz CT molecular complexity index is 1380. The first kappa shape index (κ1) is 32.1. The number of amides is 1. The van der Waals surface area contributed by atoms with Crippen LogP contribution >= 0.6 is 0 Å². The first-order chi connectivity index (χ1) is 22.0. The molecule has 10 nitrogen and oxygen atoms in total. The Kier molecular flexibility index (Phi) is 11.5. The van der Waals surface area contributed by atoms with E-state index in [0.717, 1.165) is 70.1 Å². The van der Waals surface area contributed by atoms with Gasteiger partial charge in [0.2, 0.25) is 23.8 Å². The third-order valence-electron chi connectivity index (χ3n) is 8.65. The number of benzene rings is 2. The predicted molar refractivity (Wildman–Crippen MR) is 173 cm³/mol. The summed E-state index contributed by atoms with van der Waals surface area (Å²) in [6, 6.07) is 17.1. The molecule has 0 aliphatic carbocycles. The number of hydrogen-bond donors (Lipinski definition) is 2. The van der Waals surface area contributed by atoms with Gasteiger partial charge in [-0.25, -0.2) is 4.39 Å². The molecule has 1 unspecified atom stereocenters. The number of nitrogens with one attached hydrogen (secondary N) is 2. The van der Waals surface area contributed by atoms with Gasteiger partial charge in [-0.1, -0.05) is 42.5 Å². The van der Waals surface area contributed by atoms with Crippen LogP contribution in [0.4, 0.5) is 22.2 Å². The lowest BCUT2D eigenvalue weighted by molar-refractivity contribution is -0.140. The number of ether oxygens (including phenoxy) is 1. The third-order valence-corrected chi connectivity index (χ3v) is 8.65. The van der Waals surface area contributed by atoms with Crippen LogP contribution in [0.2, 0.25) is 0 Å². The van der Waals surface area contributed by atoms with Gasteiger partial charge in [-0.05, 0) is 74.1 Å². The van der Waals surface area contributed by atoms with Crippen molar-refractivity contribution in [3.63, 3.8) is 0 Å². The molecule has 45 heavy (non-hydrogen) atoms. The number of likely N-dealkylation sites (tertiary alicyclic amines) is 1. The molecular weight excluding hydrogens is 573 g/mol. The molecule has 2 N–H and O–H groups in total. The molecule has 11 heteroatoms. The van der Waals surface area contributed by atoms with Gasteiger partial charge >= 0.3 is 5.97 Å². The smallest absolute Gasteiger partial charge is 0.307 e. The van der Waals surface area contributed by atoms with E-state index in [9.17, 15) is 14.0 Å². The van der Waals surface area contributed by atoms with Gasteiger partial charge in [0.15, 0.2) is 0 Å². The van der Waals surface area contributed by atoms with E-state index in [4.69, 9.17) is 9.72 Å². The number of piperidine rings is 2. The molecule has 2 aromatic carbocycles. The average Bonchev–Trinajstić information content (AvgIpc) is 3.08. The molecule has 1 atom stereocenters. The molecule has 1 amide bonds. The normalized spacial score (nSPS) is 17.2. The standard InChI is InChI=1S/C34H44FN7O3/c1-45-30(43)15-19-37-33-38-32(36-18-5-9-25-11-13-29(35)14-12-25)39-34(40-33)42-20-6-10-28(24-42)31(44)41-21-16-27(17-22-41)23-26-7-3-2-4-8-26/h2-4,7-8,11-14,27-28H,5-6,9-10,15-24H2,1H3,(H2,36,37,38,39,40). The molecule has 2 aliphatic rings. The number of methoxy groups -OCH3 is 1.